The van der Waals surface area contributed by atoms with Gasteiger partial charge in [0, 0.05) is 24.2 Å². The van der Waals surface area contributed by atoms with Gasteiger partial charge in [-0.05, 0) is 31.4 Å². The predicted octanol–water partition coefficient (Wildman–Crippen LogP) is 2.27. The zero-order chi connectivity index (χ0) is 16.8. The van der Waals surface area contributed by atoms with E-state index in [-0.39, 0.29) is 17.4 Å². The number of carbonyl (C=O) groups is 1. The van der Waals surface area contributed by atoms with E-state index in [1.165, 1.54) is 0 Å². The van der Waals surface area contributed by atoms with Gasteiger partial charge in [0.15, 0.2) is 0 Å². The number of amides is 1. The van der Waals surface area contributed by atoms with Gasteiger partial charge in [0.25, 0.3) is 5.91 Å². The molecule has 23 heavy (non-hydrogen) atoms. The normalized spacial score (nSPS) is 34.1. The second-order valence-corrected chi connectivity index (χ2v) is 7.84. The molecule has 1 saturated heterocycles. The van der Waals surface area contributed by atoms with Crippen LogP contribution in [-0.2, 0) is 0 Å². The first-order chi connectivity index (χ1) is 10.9. The number of halogens is 1. The van der Waals surface area contributed by atoms with Gasteiger partial charge in [-0.3, -0.25) is 9.69 Å². The first kappa shape index (κ1) is 16.8. The highest BCUT2D eigenvalue weighted by molar-refractivity contribution is 6.30. The molecule has 1 saturated carbocycles. The van der Waals surface area contributed by atoms with Crippen molar-refractivity contribution in [3.63, 3.8) is 0 Å². The first-order valence-corrected chi connectivity index (χ1v) is 8.81. The van der Waals surface area contributed by atoms with Crippen molar-refractivity contribution in [2.75, 3.05) is 13.1 Å². The van der Waals surface area contributed by atoms with Crippen LogP contribution >= 0.6 is 11.6 Å². The minimum absolute atomic E-state index is 0.134. The zero-order valence-corrected chi connectivity index (χ0v) is 14.7. The summed E-state index contributed by atoms with van der Waals surface area (Å²) in [5.41, 5.74) is 0.571. The van der Waals surface area contributed by atoms with E-state index in [1.54, 1.807) is 12.3 Å². The quantitative estimate of drug-likeness (QED) is 0.788. The van der Waals surface area contributed by atoms with Crippen LogP contribution in [0.4, 0.5) is 0 Å². The fourth-order valence-corrected chi connectivity index (χ4v) is 4.95. The molecule has 6 heteroatoms. The van der Waals surface area contributed by atoms with Crippen molar-refractivity contribution in [3.05, 3.63) is 23.0 Å². The van der Waals surface area contributed by atoms with Crippen molar-refractivity contribution in [2.24, 2.45) is 11.3 Å². The van der Waals surface area contributed by atoms with Crippen LogP contribution in [0.3, 0.4) is 0 Å². The average molecular weight is 340 g/mol. The Balaban J connectivity index is 1.68. The maximum atomic E-state index is 12.3. The lowest BCUT2D eigenvalue weighted by Gasteiger charge is -2.58. The molecule has 1 amide bonds. The second kappa shape index (κ2) is 6.11. The lowest BCUT2D eigenvalue weighted by atomic mass is 9.65. The Labute approximate surface area is 142 Å². The number of aliphatic hydroxyl groups excluding tert-OH is 1. The van der Waals surface area contributed by atoms with Gasteiger partial charge in [-0.15, -0.1) is 0 Å². The number of carbonyl (C=O) groups excluding carboxylic acids is 1. The molecule has 4 atom stereocenters. The molecule has 1 aliphatic carbocycles. The van der Waals surface area contributed by atoms with Gasteiger partial charge < -0.3 is 15.4 Å². The van der Waals surface area contributed by atoms with Crippen molar-refractivity contribution >= 4 is 17.5 Å². The highest BCUT2D eigenvalue weighted by Gasteiger charge is 2.58. The largest absolute Gasteiger partial charge is 0.391 e. The number of nitrogens with zero attached hydrogens (tertiary/aromatic N) is 1. The highest BCUT2D eigenvalue weighted by atomic mass is 35.5. The molecule has 1 spiro atoms. The molecule has 2 heterocycles. The van der Waals surface area contributed by atoms with Crippen molar-refractivity contribution < 1.29 is 9.90 Å². The summed E-state index contributed by atoms with van der Waals surface area (Å²) >= 11 is 5.85. The van der Waals surface area contributed by atoms with Crippen LogP contribution in [0.25, 0.3) is 0 Å². The standard InChI is InChI=1S/C17H26ClN3O2/c1-4-21-9-17(15(21)10(2)3)6-13(14(22)7-17)20-16(23)12-5-11(18)8-19-12/h5,8,10,13-15,19,22H,4,6-7,9H2,1-3H3,(H,20,23)/t13-,14-,15?,17?/m1/s1. The highest BCUT2D eigenvalue weighted by Crippen LogP contribution is 2.52. The summed E-state index contributed by atoms with van der Waals surface area (Å²) < 4.78 is 0. The number of aromatic nitrogens is 1. The van der Waals surface area contributed by atoms with Crippen LogP contribution in [0.5, 0.6) is 0 Å². The van der Waals surface area contributed by atoms with E-state index >= 15 is 0 Å². The van der Waals surface area contributed by atoms with E-state index < -0.39 is 6.10 Å². The van der Waals surface area contributed by atoms with Crippen molar-refractivity contribution in [3.8, 4) is 0 Å². The van der Waals surface area contributed by atoms with Gasteiger partial charge in [0.2, 0.25) is 0 Å². The van der Waals surface area contributed by atoms with Crippen LogP contribution in [0.1, 0.15) is 44.1 Å². The van der Waals surface area contributed by atoms with Crippen LogP contribution in [0, 0.1) is 11.3 Å². The molecule has 1 aliphatic heterocycles. The summed E-state index contributed by atoms with van der Waals surface area (Å²) in [7, 11) is 0. The number of rotatable bonds is 4. The predicted molar refractivity (Wildman–Crippen MR) is 90.6 cm³/mol. The maximum absolute atomic E-state index is 12.3. The molecule has 128 valence electrons. The third kappa shape index (κ3) is 2.90. The van der Waals surface area contributed by atoms with Crippen LogP contribution in [0.2, 0.25) is 5.02 Å². The number of likely N-dealkylation sites (tertiary alicyclic amines) is 1. The number of H-pyrrole nitrogens is 1. The van der Waals surface area contributed by atoms with Gasteiger partial charge in [-0.1, -0.05) is 32.4 Å². The lowest BCUT2D eigenvalue weighted by molar-refractivity contribution is -0.0963. The lowest BCUT2D eigenvalue weighted by Crippen LogP contribution is -2.65. The van der Waals surface area contributed by atoms with Gasteiger partial charge in [-0.25, -0.2) is 0 Å². The summed E-state index contributed by atoms with van der Waals surface area (Å²) in [6, 6.07) is 1.90. The molecule has 2 unspecified atom stereocenters. The molecular weight excluding hydrogens is 314 g/mol. The molecule has 3 rings (SSSR count). The van der Waals surface area contributed by atoms with Crippen LogP contribution in [0.15, 0.2) is 12.3 Å². The number of nitrogens with one attached hydrogen (secondary N) is 2. The molecule has 0 aromatic carbocycles. The van der Waals surface area contributed by atoms with Crippen molar-refractivity contribution in [2.45, 2.75) is 51.8 Å². The Bertz CT molecular complexity index is 588. The molecule has 0 bridgehead atoms. The van der Waals surface area contributed by atoms with E-state index in [0.717, 1.165) is 25.9 Å². The average Bonchev–Trinajstić information content (AvgIpc) is 3.01. The van der Waals surface area contributed by atoms with E-state index in [4.69, 9.17) is 11.6 Å². The minimum Gasteiger partial charge on any atom is -0.391 e. The third-order valence-corrected chi connectivity index (χ3v) is 5.71. The summed E-state index contributed by atoms with van der Waals surface area (Å²) in [4.78, 5) is 17.6. The van der Waals surface area contributed by atoms with Gasteiger partial charge in [-0.2, -0.15) is 0 Å². The fraction of sp³-hybridized carbons (Fsp3) is 0.706. The van der Waals surface area contributed by atoms with E-state index in [0.29, 0.717) is 22.7 Å². The second-order valence-electron chi connectivity index (χ2n) is 7.40. The Morgan fingerprint density at radius 3 is 2.87 bits per heavy atom. The van der Waals surface area contributed by atoms with Crippen molar-refractivity contribution in [1.29, 1.82) is 0 Å². The van der Waals surface area contributed by atoms with Gasteiger partial charge in [0.05, 0.1) is 17.2 Å². The molecular formula is C17H26ClN3O2. The van der Waals surface area contributed by atoms with E-state index in [9.17, 15) is 9.90 Å². The maximum Gasteiger partial charge on any atom is 0.268 e. The smallest absolute Gasteiger partial charge is 0.268 e. The van der Waals surface area contributed by atoms with Crippen LogP contribution in [-0.4, -0.2) is 52.2 Å². The SMILES string of the molecule is CCN1CC2(C[C@@H](O)[C@H](NC(=O)c3cc(Cl)c[nH]3)C2)C1C(C)C. The fourth-order valence-electron chi connectivity index (χ4n) is 4.79. The number of aromatic amines is 1. The van der Waals surface area contributed by atoms with E-state index in [1.807, 2.05) is 0 Å². The van der Waals surface area contributed by atoms with Crippen LogP contribution < -0.4 is 5.32 Å². The van der Waals surface area contributed by atoms with Gasteiger partial charge in [0.1, 0.15) is 5.69 Å². The molecule has 5 nitrogen and oxygen atoms in total. The number of hydrogen-bond acceptors (Lipinski definition) is 3. The minimum atomic E-state index is -0.482. The summed E-state index contributed by atoms with van der Waals surface area (Å²) in [6.45, 7) is 8.73. The molecule has 0 radical (unpaired) electrons. The Morgan fingerprint density at radius 1 is 1.57 bits per heavy atom. The third-order valence-electron chi connectivity index (χ3n) is 5.49. The summed E-state index contributed by atoms with van der Waals surface area (Å²) in [5, 5.41) is 14.0. The zero-order valence-electron chi connectivity index (χ0n) is 14.0. The Kier molecular flexibility index (Phi) is 4.47. The summed E-state index contributed by atoms with van der Waals surface area (Å²) in [5.74, 6) is 0.346. The first-order valence-electron chi connectivity index (χ1n) is 8.43. The molecule has 1 aromatic heterocycles. The van der Waals surface area contributed by atoms with Crippen molar-refractivity contribution in [1.82, 2.24) is 15.2 Å². The summed E-state index contributed by atoms with van der Waals surface area (Å²) in [6.07, 6.45) is 2.71. The Morgan fingerprint density at radius 2 is 2.30 bits per heavy atom. The molecule has 2 aliphatic rings. The Hall–Kier alpha value is -1.04. The topological polar surface area (TPSA) is 68.4 Å². The molecule has 3 N–H and O–H groups in total. The monoisotopic (exact) mass is 339 g/mol. The van der Waals surface area contributed by atoms with Gasteiger partial charge >= 0.3 is 0 Å². The molecule has 2 fully saturated rings. The number of aliphatic hydroxyl groups is 1. The number of hydrogen-bond donors (Lipinski definition) is 3. The van der Waals surface area contributed by atoms with E-state index in [2.05, 4.69) is 36.0 Å². The molecule has 1 aromatic rings.